The second kappa shape index (κ2) is 11.9. The summed E-state index contributed by atoms with van der Waals surface area (Å²) in [5, 5.41) is 19.9. The van der Waals surface area contributed by atoms with Crippen LogP contribution in [0.5, 0.6) is 17.2 Å². The van der Waals surface area contributed by atoms with Crippen molar-refractivity contribution in [3.05, 3.63) is 52.6 Å². The number of carbonyl (C=O) groups excluding carboxylic acids is 1. The molecule has 1 aromatic carbocycles. The fourth-order valence-electron chi connectivity index (χ4n) is 2.59. The summed E-state index contributed by atoms with van der Waals surface area (Å²) in [6, 6.07) is 2.42. The number of rotatable bonds is 10. The van der Waals surface area contributed by atoms with Crippen LogP contribution in [0.4, 0.5) is 0 Å². The zero-order valence-electron chi connectivity index (χ0n) is 17.5. The second-order valence-electron chi connectivity index (χ2n) is 7.11. The molecular formula is C23H32O5. The van der Waals surface area contributed by atoms with E-state index < -0.39 is 5.97 Å². The molecule has 28 heavy (non-hydrogen) atoms. The summed E-state index contributed by atoms with van der Waals surface area (Å²) in [7, 11) is 1.23. The van der Waals surface area contributed by atoms with E-state index in [1.54, 1.807) is 0 Å². The molecule has 0 bridgehead atoms. The van der Waals surface area contributed by atoms with Crippen LogP contribution >= 0.6 is 0 Å². The highest BCUT2D eigenvalue weighted by molar-refractivity contribution is 5.91. The molecule has 2 N–H and O–H groups in total. The van der Waals surface area contributed by atoms with Gasteiger partial charge in [0, 0.05) is 0 Å². The number of phenols is 2. The van der Waals surface area contributed by atoms with Gasteiger partial charge >= 0.3 is 5.97 Å². The highest BCUT2D eigenvalue weighted by Crippen LogP contribution is 2.37. The molecule has 5 nitrogen and oxygen atoms in total. The molecule has 0 aliphatic heterocycles. The Labute approximate surface area is 168 Å². The van der Waals surface area contributed by atoms with Crippen LogP contribution in [0.1, 0.15) is 63.7 Å². The Kier molecular flexibility index (Phi) is 9.93. The first kappa shape index (κ1) is 23.3. The number of hydrogen-bond acceptors (Lipinski definition) is 5. The number of benzene rings is 1. The lowest BCUT2D eigenvalue weighted by Crippen LogP contribution is -2.02. The van der Waals surface area contributed by atoms with Crippen LogP contribution in [0.2, 0.25) is 0 Å². The molecule has 5 heteroatoms. The maximum Gasteiger partial charge on any atom is 0.338 e. The van der Waals surface area contributed by atoms with Crippen molar-refractivity contribution in [1.29, 1.82) is 0 Å². The Balaban J connectivity index is 2.52. The topological polar surface area (TPSA) is 76.0 Å². The van der Waals surface area contributed by atoms with Crippen LogP contribution in [0.25, 0.3) is 0 Å². The number of ether oxygens (including phenoxy) is 2. The molecule has 0 saturated heterocycles. The molecule has 0 spiro atoms. The highest BCUT2D eigenvalue weighted by Gasteiger charge is 2.15. The van der Waals surface area contributed by atoms with E-state index in [0.717, 1.165) is 25.7 Å². The van der Waals surface area contributed by atoms with Crippen LogP contribution in [-0.4, -0.2) is 29.9 Å². The molecule has 0 aliphatic carbocycles. The quantitative estimate of drug-likeness (QED) is 0.398. The van der Waals surface area contributed by atoms with Gasteiger partial charge < -0.3 is 19.7 Å². The molecule has 0 aromatic heterocycles. The van der Waals surface area contributed by atoms with Gasteiger partial charge in [-0.3, -0.25) is 0 Å². The summed E-state index contributed by atoms with van der Waals surface area (Å²) in [4.78, 5) is 11.5. The summed E-state index contributed by atoms with van der Waals surface area (Å²) >= 11 is 0. The first-order valence-electron chi connectivity index (χ1n) is 9.46. The Bertz CT molecular complexity index is 729. The monoisotopic (exact) mass is 388 g/mol. The van der Waals surface area contributed by atoms with E-state index in [1.165, 1.54) is 36.0 Å². The minimum atomic E-state index is -0.642. The number of esters is 1. The first-order chi connectivity index (χ1) is 13.2. The number of allylic oxidation sites excluding steroid dienone is 5. The molecule has 1 rings (SSSR count). The van der Waals surface area contributed by atoms with Crippen molar-refractivity contribution in [2.45, 2.75) is 53.4 Å². The average molecular weight is 389 g/mol. The molecule has 1 aromatic rings. The van der Waals surface area contributed by atoms with E-state index in [0.29, 0.717) is 0 Å². The largest absolute Gasteiger partial charge is 0.504 e. The molecule has 0 heterocycles. The Morgan fingerprint density at radius 2 is 1.46 bits per heavy atom. The first-order valence-corrected chi connectivity index (χ1v) is 9.46. The predicted octanol–water partition coefficient (Wildman–Crippen LogP) is 5.68. The van der Waals surface area contributed by atoms with Crippen LogP contribution in [-0.2, 0) is 4.74 Å². The van der Waals surface area contributed by atoms with Crippen LogP contribution < -0.4 is 4.74 Å². The van der Waals surface area contributed by atoms with Crippen molar-refractivity contribution in [3.63, 3.8) is 0 Å². The Morgan fingerprint density at radius 1 is 0.929 bits per heavy atom. The third kappa shape index (κ3) is 8.33. The molecular weight excluding hydrogens is 356 g/mol. The summed E-state index contributed by atoms with van der Waals surface area (Å²) in [6.07, 6.45) is 10.5. The van der Waals surface area contributed by atoms with Crippen LogP contribution in [0, 0.1) is 0 Å². The molecule has 0 fully saturated rings. The van der Waals surface area contributed by atoms with Crippen LogP contribution in [0.15, 0.2) is 47.1 Å². The van der Waals surface area contributed by atoms with Crippen molar-refractivity contribution in [2.75, 3.05) is 13.7 Å². The van der Waals surface area contributed by atoms with Gasteiger partial charge in [-0.25, -0.2) is 4.79 Å². The van der Waals surface area contributed by atoms with Crippen molar-refractivity contribution >= 4 is 5.97 Å². The van der Waals surface area contributed by atoms with Gasteiger partial charge in [-0.1, -0.05) is 28.9 Å². The number of aromatic hydroxyl groups is 2. The lowest BCUT2D eigenvalue weighted by atomic mass is 10.1. The van der Waals surface area contributed by atoms with E-state index in [9.17, 15) is 15.0 Å². The standard InChI is InChI=1S/C23H32O5/c1-16(2)8-6-9-17(3)10-7-11-18(4)12-13-28-22-20(24)14-19(15-21(22)25)23(26)27-5/h8,10,12,14-15,24-25H,6-7,9,11,13H2,1-5H3/b17-10+,18-12+. The van der Waals surface area contributed by atoms with Crippen molar-refractivity contribution < 1.29 is 24.5 Å². The number of phenolic OH excluding ortho intramolecular Hbond substituents is 2. The number of hydrogen-bond donors (Lipinski definition) is 2. The van der Waals surface area contributed by atoms with Crippen molar-refractivity contribution in [1.82, 2.24) is 0 Å². The SMILES string of the molecule is COC(=O)c1cc(O)c(OC/C=C(\C)CC/C=C(\C)CCC=C(C)C)c(O)c1. The molecule has 0 unspecified atom stereocenters. The molecule has 0 radical (unpaired) electrons. The maximum atomic E-state index is 11.5. The lowest BCUT2D eigenvalue weighted by molar-refractivity contribution is 0.0599. The van der Waals surface area contributed by atoms with Gasteiger partial charge in [0.2, 0.25) is 5.75 Å². The summed E-state index contributed by atoms with van der Waals surface area (Å²) < 4.78 is 10.0. The number of carbonyl (C=O) groups is 1. The summed E-state index contributed by atoms with van der Waals surface area (Å²) in [5.41, 5.74) is 3.97. The molecule has 154 valence electrons. The van der Waals surface area contributed by atoms with Gasteiger partial charge in [-0.15, -0.1) is 0 Å². The van der Waals surface area contributed by atoms with E-state index in [2.05, 4.69) is 37.7 Å². The minimum absolute atomic E-state index is 0.0493. The fraction of sp³-hybridized carbons (Fsp3) is 0.435. The molecule has 0 aliphatic rings. The highest BCUT2D eigenvalue weighted by atomic mass is 16.5. The van der Waals surface area contributed by atoms with Gasteiger partial charge in [0.1, 0.15) is 6.61 Å². The van der Waals surface area contributed by atoms with Crippen LogP contribution in [0.3, 0.4) is 0 Å². The fourth-order valence-corrected chi connectivity index (χ4v) is 2.59. The van der Waals surface area contributed by atoms with Gasteiger partial charge in [0.15, 0.2) is 11.5 Å². The molecule has 0 saturated carbocycles. The van der Waals surface area contributed by atoms with Gasteiger partial charge in [-0.05, 0) is 71.6 Å². The zero-order chi connectivity index (χ0) is 21.1. The van der Waals surface area contributed by atoms with E-state index in [4.69, 9.17) is 4.74 Å². The normalized spacial score (nSPS) is 11.9. The minimum Gasteiger partial charge on any atom is -0.504 e. The molecule has 0 atom stereocenters. The smallest absolute Gasteiger partial charge is 0.338 e. The number of methoxy groups -OCH3 is 1. The van der Waals surface area contributed by atoms with Crippen molar-refractivity contribution in [2.24, 2.45) is 0 Å². The molecule has 0 amide bonds. The van der Waals surface area contributed by atoms with Crippen molar-refractivity contribution in [3.8, 4) is 17.2 Å². The van der Waals surface area contributed by atoms with Gasteiger partial charge in [0.05, 0.1) is 12.7 Å². The Morgan fingerprint density at radius 3 is 2.00 bits per heavy atom. The van der Waals surface area contributed by atoms with E-state index in [-0.39, 0.29) is 29.4 Å². The lowest BCUT2D eigenvalue weighted by Gasteiger charge is -2.10. The third-order valence-electron chi connectivity index (χ3n) is 4.25. The van der Waals surface area contributed by atoms with Gasteiger partial charge in [0.25, 0.3) is 0 Å². The van der Waals surface area contributed by atoms with E-state index in [1.807, 2.05) is 13.0 Å². The third-order valence-corrected chi connectivity index (χ3v) is 4.25. The van der Waals surface area contributed by atoms with Gasteiger partial charge in [-0.2, -0.15) is 0 Å². The average Bonchev–Trinajstić information content (AvgIpc) is 2.62. The second-order valence-corrected chi connectivity index (χ2v) is 7.11. The maximum absolute atomic E-state index is 11.5. The zero-order valence-corrected chi connectivity index (χ0v) is 17.5. The van der Waals surface area contributed by atoms with E-state index >= 15 is 0 Å². The predicted molar refractivity (Wildman–Crippen MR) is 112 cm³/mol. The summed E-state index contributed by atoms with van der Waals surface area (Å²) in [5.74, 6) is -1.30. The summed E-state index contributed by atoms with van der Waals surface area (Å²) in [6.45, 7) is 8.62. The Hall–Kier alpha value is -2.69.